The molecule has 0 fully saturated rings. The van der Waals surface area contributed by atoms with Gasteiger partial charge in [0.05, 0.1) is 18.4 Å². The van der Waals surface area contributed by atoms with Crippen molar-refractivity contribution in [2.45, 2.75) is 20.4 Å². The van der Waals surface area contributed by atoms with Crippen molar-refractivity contribution in [3.8, 4) is 17.9 Å². The molecule has 0 amide bonds. The topological polar surface area (TPSA) is 67.0 Å². The SMILES string of the molecule is C=c1/c(=C\C=C(/C)OC)c(C#N)c(C#Cc2ccc(NS(C)=O)cc2)n1CC. The summed E-state index contributed by atoms with van der Waals surface area (Å²) in [5, 5.41) is 11.2. The number of benzene rings is 1. The van der Waals surface area contributed by atoms with Crippen LogP contribution in [0.2, 0.25) is 0 Å². The predicted octanol–water partition coefficient (Wildman–Crippen LogP) is 2.23. The van der Waals surface area contributed by atoms with Gasteiger partial charge in [0.25, 0.3) is 0 Å². The maximum absolute atomic E-state index is 11.2. The third-order valence-electron chi connectivity index (χ3n) is 4.12. The summed E-state index contributed by atoms with van der Waals surface area (Å²) in [6, 6.07) is 9.59. The van der Waals surface area contributed by atoms with Crippen LogP contribution in [0.1, 0.15) is 30.7 Å². The molecule has 0 aliphatic heterocycles. The average Bonchev–Trinajstić information content (AvgIpc) is 2.94. The summed E-state index contributed by atoms with van der Waals surface area (Å²) in [5.74, 6) is 6.96. The van der Waals surface area contributed by atoms with Gasteiger partial charge in [0.1, 0.15) is 22.7 Å². The number of nitrogens with one attached hydrogen (secondary N) is 1. The van der Waals surface area contributed by atoms with Gasteiger partial charge in [0.15, 0.2) is 0 Å². The quantitative estimate of drug-likeness (QED) is 0.626. The Kier molecular flexibility index (Phi) is 7.26. The summed E-state index contributed by atoms with van der Waals surface area (Å²) < 4.78 is 21.1. The van der Waals surface area contributed by atoms with Gasteiger partial charge in [-0.1, -0.05) is 12.5 Å². The first-order valence-corrected chi connectivity index (χ1v) is 10.2. The molecule has 0 saturated carbocycles. The molecule has 144 valence electrons. The average molecular weight is 394 g/mol. The Hall–Kier alpha value is -3.22. The molecule has 1 atom stereocenters. The van der Waals surface area contributed by atoms with E-state index in [1.54, 1.807) is 13.4 Å². The number of methoxy groups -OCH3 is 1. The molecule has 1 N–H and O–H groups in total. The van der Waals surface area contributed by atoms with Crippen molar-refractivity contribution >= 4 is 29.3 Å². The second-order valence-electron chi connectivity index (χ2n) is 5.97. The van der Waals surface area contributed by atoms with Gasteiger partial charge in [-0.15, -0.1) is 0 Å². The van der Waals surface area contributed by atoms with E-state index in [0.29, 0.717) is 17.8 Å². The fraction of sp³-hybridized carbons (Fsp3) is 0.227. The predicted molar refractivity (Wildman–Crippen MR) is 115 cm³/mol. The number of aromatic nitrogens is 1. The third-order valence-corrected chi connectivity index (χ3v) is 4.64. The van der Waals surface area contributed by atoms with Crippen molar-refractivity contribution in [3.05, 3.63) is 63.5 Å². The second kappa shape index (κ2) is 9.64. The summed E-state index contributed by atoms with van der Waals surface area (Å²) in [6.07, 6.45) is 5.22. The maximum atomic E-state index is 11.2. The zero-order valence-electron chi connectivity index (χ0n) is 16.5. The van der Waals surface area contributed by atoms with Gasteiger partial charge in [-0.05, 0) is 56.2 Å². The first-order valence-electron chi connectivity index (χ1n) is 8.67. The molecule has 1 aromatic carbocycles. The van der Waals surface area contributed by atoms with E-state index >= 15 is 0 Å². The molecule has 5 nitrogen and oxygen atoms in total. The number of nitrogens with zero attached hydrogens (tertiary/aromatic N) is 2. The lowest BCUT2D eigenvalue weighted by atomic mass is 10.1. The Morgan fingerprint density at radius 3 is 2.57 bits per heavy atom. The molecule has 1 heterocycles. The van der Waals surface area contributed by atoms with E-state index in [1.165, 1.54) is 0 Å². The van der Waals surface area contributed by atoms with E-state index in [2.05, 4.69) is 29.2 Å². The Labute approximate surface area is 168 Å². The molecular weight excluding hydrogens is 370 g/mol. The highest BCUT2D eigenvalue weighted by Gasteiger charge is 2.10. The van der Waals surface area contributed by atoms with Crippen LogP contribution in [0.4, 0.5) is 5.69 Å². The normalized spacial score (nSPS) is 12.7. The van der Waals surface area contributed by atoms with E-state index in [9.17, 15) is 9.47 Å². The van der Waals surface area contributed by atoms with Crippen LogP contribution in [0.25, 0.3) is 12.7 Å². The van der Waals surface area contributed by atoms with Crippen molar-refractivity contribution < 1.29 is 8.95 Å². The fourth-order valence-corrected chi connectivity index (χ4v) is 3.11. The van der Waals surface area contributed by atoms with Crippen molar-refractivity contribution in [3.63, 3.8) is 0 Å². The van der Waals surface area contributed by atoms with Gasteiger partial charge in [0, 0.05) is 34.6 Å². The van der Waals surface area contributed by atoms with Gasteiger partial charge < -0.3 is 14.0 Å². The third kappa shape index (κ3) is 4.94. The smallest absolute Gasteiger partial charge is 0.113 e. The van der Waals surface area contributed by atoms with Crippen LogP contribution in [0.15, 0.2) is 36.1 Å². The standard InChI is InChI=1S/C22H23N3O2S/c1-6-25-17(3)20(13-7-16(2)27-4)21(15-23)22(25)14-10-18-8-11-19(12-9-18)24-28(5)26/h7-9,11-13,24H,3,6H2,1-2,4-5H3/b16-7+,20-13+. The van der Waals surface area contributed by atoms with Crippen LogP contribution in [0.3, 0.4) is 0 Å². The molecule has 0 spiro atoms. The Balaban J connectivity index is 2.53. The number of hydrogen-bond acceptors (Lipinski definition) is 3. The van der Waals surface area contributed by atoms with E-state index in [0.717, 1.165) is 27.6 Å². The van der Waals surface area contributed by atoms with Crippen LogP contribution in [-0.4, -0.2) is 22.1 Å². The lowest BCUT2D eigenvalue weighted by Crippen LogP contribution is -2.28. The first kappa shape index (κ1) is 21.1. The molecule has 0 bridgehead atoms. The van der Waals surface area contributed by atoms with Gasteiger partial charge in [0.2, 0.25) is 0 Å². The summed E-state index contributed by atoms with van der Waals surface area (Å²) in [4.78, 5) is 0. The number of allylic oxidation sites excluding steroid dienone is 2. The highest BCUT2D eigenvalue weighted by molar-refractivity contribution is 7.85. The van der Waals surface area contributed by atoms with Gasteiger partial charge >= 0.3 is 0 Å². The molecule has 28 heavy (non-hydrogen) atoms. The van der Waals surface area contributed by atoms with E-state index in [4.69, 9.17) is 4.74 Å². The Morgan fingerprint density at radius 1 is 1.36 bits per heavy atom. The fourth-order valence-electron chi connectivity index (χ4n) is 2.65. The van der Waals surface area contributed by atoms with E-state index < -0.39 is 11.0 Å². The van der Waals surface area contributed by atoms with E-state index in [-0.39, 0.29) is 0 Å². The number of anilines is 1. The van der Waals surface area contributed by atoms with Crippen molar-refractivity contribution in [1.82, 2.24) is 4.57 Å². The summed E-state index contributed by atoms with van der Waals surface area (Å²) in [6.45, 7) is 8.62. The van der Waals surface area contributed by atoms with E-state index in [1.807, 2.05) is 54.8 Å². The second-order valence-corrected chi connectivity index (χ2v) is 7.08. The van der Waals surface area contributed by atoms with Crippen LogP contribution < -0.4 is 15.3 Å². The zero-order chi connectivity index (χ0) is 20.7. The summed E-state index contributed by atoms with van der Waals surface area (Å²) in [5.41, 5.74) is 2.70. The van der Waals surface area contributed by atoms with Crippen molar-refractivity contribution in [2.75, 3.05) is 18.1 Å². The van der Waals surface area contributed by atoms with Crippen molar-refractivity contribution in [2.24, 2.45) is 0 Å². The van der Waals surface area contributed by atoms with Gasteiger partial charge in [-0.3, -0.25) is 0 Å². The summed E-state index contributed by atoms with van der Waals surface area (Å²) in [7, 11) is 0.479. The monoisotopic (exact) mass is 393 g/mol. The lowest BCUT2D eigenvalue weighted by Gasteiger charge is -2.02. The van der Waals surface area contributed by atoms with Crippen LogP contribution in [-0.2, 0) is 22.3 Å². The maximum Gasteiger partial charge on any atom is 0.113 e. The van der Waals surface area contributed by atoms with Crippen LogP contribution in [0.5, 0.6) is 0 Å². The van der Waals surface area contributed by atoms with Crippen LogP contribution >= 0.6 is 0 Å². The van der Waals surface area contributed by atoms with Gasteiger partial charge in [-0.2, -0.15) is 5.26 Å². The Morgan fingerprint density at radius 2 is 2.04 bits per heavy atom. The molecule has 0 radical (unpaired) electrons. The molecular formula is C22H23N3O2S. The highest BCUT2D eigenvalue weighted by Crippen LogP contribution is 2.09. The summed E-state index contributed by atoms with van der Waals surface area (Å²) >= 11 is 0. The molecule has 2 aromatic rings. The molecule has 0 aliphatic rings. The number of hydrogen-bond donors (Lipinski definition) is 1. The van der Waals surface area contributed by atoms with Gasteiger partial charge in [-0.25, -0.2) is 4.21 Å². The van der Waals surface area contributed by atoms with Crippen molar-refractivity contribution in [1.29, 1.82) is 5.26 Å². The number of ether oxygens (including phenoxy) is 1. The Bertz CT molecular complexity index is 1120. The minimum absolute atomic E-state index is 0.499. The molecule has 2 rings (SSSR count). The highest BCUT2D eigenvalue weighted by atomic mass is 32.2. The zero-order valence-corrected chi connectivity index (χ0v) is 17.3. The largest absolute Gasteiger partial charge is 0.501 e. The number of rotatable bonds is 5. The molecule has 0 aliphatic carbocycles. The lowest BCUT2D eigenvalue weighted by molar-refractivity contribution is 0.294. The molecule has 1 aromatic heterocycles. The van der Waals surface area contributed by atoms with Crippen LogP contribution in [0, 0.1) is 23.2 Å². The minimum atomic E-state index is -1.12. The minimum Gasteiger partial charge on any atom is -0.501 e. The molecule has 0 saturated heterocycles. The molecule has 1 unspecified atom stereocenters. The first-order chi connectivity index (χ1) is 13.4. The number of nitriles is 1. The molecule has 6 heteroatoms.